The molecule has 2 N–H and O–H groups in total. The van der Waals surface area contributed by atoms with Gasteiger partial charge in [-0.3, -0.25) is 0 Å². The Kier molecular flexibility index (Phi) is 4.52. The van der Waals surface area contributed by atoms with Gasteiger partial charge in [0, 0.05) is 12.0 Å². The van der Waals surface area contributed by atoms with E-state index in [1.165, 1.54) is 5.57 Å². The average Bonchev–Trinajstić information content (AvgIpc) is 2.31. The number of allylic oxidation sites excluding steroid dienone is 2. The zero-order chi connectivity index (χ0) is 10.6. The third kappa shape index (κ3) is 3.74. The minimum atomic E-state index is -2.20. The first-order valence-corrected chi connectivity index (χ1v) is 5.31. The molecule has 0 heterocycles. The van der Waals surface area contributed by atoms with Gasteiger partial charge in [-0.05, 0) is 32.1 Å². The van der Waals surface area contributed by atoms with Gasteiger partial charge in [0.15, 0.2) is 0 Å². The summed E-state index contributed by atoms with van der Waals surface area (Å²) in [5.74, 6) is -0.518. The largest absolute Gasteiger partial charge is 0.328 e. The molecule has 0 saturated carbocycles. The van der Waals surface area contributed by atoms with Crippen molar-refractivity contribution in [3.63, 3.8) is 0 Å². The standard InChI is InChI=1S/C11H19F2N/c1-8(11(12)13)7-9-3-2-4-10(14)6-5-9/h3,8,10-11H,2,4-7,14H2,1H3. The van der Waals surface area contributed by atoms with E-state index in [0.717, 1.165) is 25.7 Å². The van der Waals surface area contributed by atoms with Crippen molar-refractivity contribution >= 4 is 0 Å². The summed E-state index contributed by atoms with van der Waals surface area (Å²) < 4.78 is 24.6. The van der Waals surface area contributed by atoms with E-state index >= 15 is 0 Å². The predicted molar refractivity (Wildman–Crippen MR) is 54.3 cm³/mol. The topological polar surface area (TPSA) is 26.0 Å². The van der Waals surface area contributed by atoms with Crippen LogP contribution in [-0.4, -0.2) is 12.5 Å². The second-order valence-corrected chi connectivity index (χ2v) is 4.25. The lowest BCUT2D eigenvalue weighted by Gasteiger charge is -2.12. The second-order valence-electron chi connectivity index (χ2n) is 4.25. The molecular formula is C11H19F2N. The van der Waals surface area contributed by atoms with Gasteiger partial charge in [0.25, 0.3) is 0 Å². The van der Waals surface area contributed by atoms with Crippen molar-refractivity contribution < 1.29 is 8.78 Å². The molecule has 0 saturated heterocycles. The van der Waals surface area contributed by atoms with E-state index in [-0.39, 0.29) is 6.04 Å². The molecule has 0 bridgehead atoms. The molecule has 0 aromatic carbocycles. The van der Waals surface area contributed by atoms with Gasteiger partial charge in [-0.2, -0.15) is 0 Å². The summed E-state index contributed by atoms with van der Waals surface area (Å²) in [4.78, 5) is 0. The van der Waals surface area contributed by atoms with Crippen LogP contribution in [0.5, 0.6) is 0 Å². The first-order chi connectivity index (χ1) is 6.59. The Morgan fingerprint density at radius 1 is 1.50 bits per heavy atom. The molecule has 0 aromatic rings. The smallest absolute Gasteiger partial charge is 0.241 e. The van der Waals surface area contributed by atoms with Crippen molar-refractivity contribution in [1.29, 1.82) is 0 Å². The number of nitrogens with two attached hydrogens (primary N) is 1. The molecule has 3 heteroatoms. The summed E-state index contributed by atoms with van der Waals surface area (Å²) in [7, 11) is 0. The Balaban J connectivity index is 2.40. The quantitative estimate of drug-likeness (QED) is 0.701. The van der Waals surface area contributed by atoms with Crippen LogP contribution in [0.15, 0.2) is 11.6 Å². The Hall–Kier alpha value is -0.440. The van der Waals surface area contributed by atoms with Gasteiger partial charge >= 0.3 is 0 Å². The molecule has 0 radical (unpaired) electrons. The lowest BCUT2D eigenvalue weighted by Crippen LogP contribution is -2.18. The van der Waals surface area contributed by atoms with E-state index in [0.29, 0.717) is 6.42 Å². The number of halogens is 2. The van der Waals surface area contributed by atoms with Crippen LogP contribution in [-0.2, 0) is 0 Å². The summed E-state index contributed by atoms with van der Waals surface area (Å²) >= 11 is 0. The van der Waals surface area contributed by atoms with Crippen molar-refractivity contribution in [3.8, 4) is 0 Å². The number of hydrogen-bond donors (Lipinski definition) is 1. The Morgan fingerprint density at radius 3 is 2.86 bits per heavy atom. The summed E-state index contributed by atoms with van der Waals surface area (Å²) in [6.07, 6.45) is 4.22. The summed E-state index contributed by atoms with van der Waals surface area (Å²) in [5.41, 5.74) is 6.98. The predicted octanol–water partition coefficient (Wildman–Crippen LogP) is 3.11. The SMILES string of the molecule is CC(CC1=CCCC(N)CC1)C(F)F. The molecule has 0 aromatic heterocycles. The van der Waals surface area contributed by atoms with Crippen LogP contribution in [0, 0.1) is 5.92 Å². The first-order valence-electron chi connectivity index (χ1n) is 5.31. The van der Waals surface area contributed by atoms with Gasteiger partial charge in [-0.25, -0.2) is 8.78 Å². The minimum absolute atomic E-state index is 0.255. The normalized spacial score (nSPS) is 25.8. The third-order valence-electron chi connectivity index (χ3n) is 2.82. The van der Waals surface area contributed by atoms with Crippen LogP contribution in [0.25, 0.3) is 0 Å². The van der Waals surface area contributed by atoms with E-state index in [2.05, 4.69) is 6.08 Å². The van der Waals surface area contributed by atoms with Crippen LogP contribution in [0.1, 0.15) is 39.0 Å². The molecule has 2 atom stereocenters. The van der Waals surface area contributed by atoms with Crippen LogP contribution in [0.4, 0.5) is 8.78 Å². The maximum Gasteiger partial charge on any atom is 0.241 e. The lowest BCUT2D eigenvalue weighted by atomic mass is 9.98. The zero-order valence-corrected chi connectivity index (χ0v) is 8.68. The number of rotatable bonds is 3. The Labute approximate surface area is 84.4 Å². The van der Waals surface area contributed by atoms with Gasteiger partial charge in [-0.15, -0.1) is 0 Å². The highest BCUT2D eigenvalue weighted by Gasteiger charge is 2.17. The van der Waals surface area contributed by atoms with E-state index in [1.807, 2.05) is 0 Å². The molecule has 0 spiro atoms. The number of alkyl halides is 2. The fraction of sp³-hybridized carbons (Fsp3) is 0.818. The van der Waals surface area contributed by atoms with Crippen molar-refractivity contribution in [2.75, 3.05) is 0 Å². The van der Waals surface area contributed by atoms with E-state index in [1.54, 1.807) is 6.92 Å². The highest BCUT2D eigenvalue weighted by Crippen LogP contribution is 2.25. The van der Waals surface area contributed by atoms with Crippen molar-refractivity contribution in [1.82, 2.24) is 0 Å². The highest BCUT2D eigenvalue weighted by atomic mass is 19.3. The fourth-order valence-corrected chi connectivity index (χ4v) is 1.81. The fourth-order valence-electron chi connectivity index (χ4n) is 1.81. The molecular weight excluding hydrogens is 184 g/mol. The minimum Gasteiger partial charge on any atom is -0.328 e. The van der Waals surface area contributed by atoms with Crippen molar-refractivity contribution in [3.05, 3.63) is 11.6 Å². The van der Waals surface area contributed by atoms with Gasteiger partial charge in [0.2, 0.25) is 6.43 Å². The molecule has 1 nitrogen and oxygen atoms in total. The molecule has 1 aliphatic rings. The Bertz CT molecular complexity index is 201. The van der Waals surface area contributed by atoms with Crippen LogP contribution >= 0.6 is 0 Å². The van der Waals surface area contributed by atoms with Gasteiger partial charge < -0.3 is 5.73 Å². The molecule has 0 amide bonds. The van der Waals surface area contributed by atoms with Crippen molar-refractivity contribution in [2.24, 2.45) is 11.7 Å². The van der Waals surface area contributed by atoms with E-state index < -0.39 is 12.3 Å². The molecule has 2 unspecified atom stereocenters. The molecule has 1 rings (SSSR count). The van der Waals surface area contributed by atoms with Gasteiger partial charge in [0.05, 0.1) is 0 Å². The monoisotopic (exact) mass is 203 g/mol. The van der Waals surface area contributed by atoms with E-state index in [9.17, 15) is 8.78 Å². The maximum atomic E-state index is 12.3. The molecule has 1 aliphatic carbocycles. The first kappa shape index (κ1) is 11.6. The molecule has 0 fully saturated rings. The molecule has 14 heavy (non-hydrogen) atoms. The summed E-state index contributed by atoms with van der Waals surface area (Å²) in [6, 6.07) is 0.255. The van der Waals surface area contributed by atoms with Gasteiger partial charge in [0.1, 0.15) is 0 Å². The van der Waals surface area contributed by atoms with E-state index in [4.69, 9.17) is 5.73 Å². The summed E-state index contributed by atoms with van der Waals surface area (Å²) in [6.45, 7) is 1.61. The number of hydrogen-bond acceptors (Lipinski definition) is 1. The zero-order valence-electron chi connectivity index (χ0n) is 8.68. The van der Waals surface area contributed by atoms with Crippen LogP contribution in [0.2, 0.25) is 0 Å². The lowest BCUT2D eigenvalue weighted by molar-refractivity contribution is 0.0861. The van der Waals surface area contributed by atoms with Crippen LogP contribution < -0.4 is 5.73 Å². The second kappa shape index (κ2) is 5.44. The van der Waals surface area contributed by atoms with Crippen molar-refractivity contribution in [2.45, 2.75) is 51.5 Å². The average molecular weight is 203 g/mol. The van der Waals surface area contributed by atoms with Crippen LogP contribution in [0.3, 0.4) is 0 Å². The van der Waals surface area contributed by atoms with Gasteiger partial charge in [-0.1, -0.05) is 18.6 Å². The summed E-state index contributed by atoms with van der Waals surface area (Å²) in [5, 5.41) is 0. The third-order valence-corrected chi connectivity index (χ3v) is 2.82. The molecule has 0 aliphatic heterocycles. The molecule has 82 valence electrons. The highest BCUT2D eigenvalue weighted by molar-refractivity contribution is 5.05. The maximum absolute atomic E-state index is 12.3. The Morgan fingerprint density at radius 2 is 2.21 bits per heavy atom.